The molecule has 1 amide bonds. The van der Waals surface area contributed by atoms with Gasteiger partial charge in [-0.2, -0.15) is 10.2 Å². The highest BCUT2D eigenvalue weighted by molar-refractivity contribution is 6.09. The number of aromatic nitrogens is 4. The SMILES string of the molecule is COc1ccc(Cn2nc(C)c(NC(=O)c3c(C(=O)O)cnn3C)c2C)cc1OC. The summed E-state index contributed by atoms with van der Waals surface area (Å²) in [4.78, 5) is 24.1. The summed E-state index contributed by atoms with van der Waals surface area (Å²) < 4.78 is 13.6. The predicted molar refractivity (Wildman–Crippen MR) is 108 cm³/mol. The number of carbonyl (C=O) groups is 2. The molecule has 2 aromatic heterocycles. The zero-order valence-electron chi connectivity index (χ0n) is 17.4. The molecular formula is C20H23N5O5. The third-order valence-electron chi connectivity index (χ3n) is 4.78. The molecule has 30 heavy (non-hydrogen) atoms. The molecule has 2 heterocycles. The molecule has 0 spiro atoms. The minimum atomic E-state index is -1.22. The van der Waals surface area contributed by atoms with E-state index in [2.05, 4.69) is 15.5 Å². The molecule has 2 N–H and O–H groups in total. The molecule has 0 bridgehead atoms. The molecule has 0 aliphatic heterocycles. The van der Waals surface area contributed by atoms with Crippen LogP contribution in [0.1, 0.15) is 37.8 Å². The number of amides is 1. The Balaban J connectivity index is 1.87. The first-order valence-electron chi connectivity index (χ1n) is 9.08. The Bertz CT molecular complexity index is 1120. The van der Waals surface area contributed by atoms with Crippen LogP contribution in [0.3, 0.4) is 0 Å². The van der Waals surface area contributed by atoms with Crippen molar-refractivity contribution in [3.8, 4) is 11.5 Å². The molecule has 158 valence electrons. The van der Waals surface area contributed by atoms with E-state index in [1.165, 1.54) is 11.7 Å². The van der Waals surface area contributed by atoms with Gasteiger partial charge in [0.1, 0.15) is 11.3 Å². The van der Waals surface area contributed by atoms with Crippen molar-refractivity contribution >= 4 is 17.6 Å². The fraction of sp³-hybridized carbons (Fsp3) is 0.300. The zero-order chi connectivity index (χ0) is 22.0. The number of methoxy groups -OCH3 is 2. The molecule has 0 aliphatic rings. The highest BCUT2D eigenvalue weighted by Gasteiger charge is 2.24. The molecule has 0 atom stereocenters. The molecule has 0 saturated carbocycles. The molecule has 0 fully saturated rings. The number of benzene rings is 1. The van der Waals surface area contributed by atoms with Crippen molar-refractivity contribution in [2.45, 2.75) is 20.4 Å². The van der Waals surface area contributed by atoms with Gasteiger partial charge in [-0.3, -0.25) is 14.2 Å². The van der Waals surface area contributed by atoms with Gasteiger partial charge in [0.2, 0.25) is 0 Å². The fourth-order valence-electron chi connectivity index (χ4n) is 3.22. The van der Waals surface area contributed by atoms with Crippen molar-refractivity contribution in [3.63, 3.8) is 0 Å². The van der Waals surface area contributed by atoms with Gasteiger partial charge in [-0.25, -0.2) is 4.79 Å². The number of hydrogen-bond acceptors (Lipinski definition) is 6. The van der Waals surface area contributed by atoms with Gasteiger partial charge in [0.05, 0.1) is 44.0 Å². The van der Waals surface area contributed by atoms with Crippen LogP contribution in [-0.2, 0) is 13.6 Å². The molecule has 10 nitrogen and oxygen atoms in total. The summed E-state index contributed by atoms with van der Waals surface area (Å²) in [7, 11) is 4.66. The highest BCUT2D eigenvalue weighted by atomic mass is 16.5. The summed E-state index contributed by atoms with van der Waals surface area (Å²) in [5.41, 5.74) is 2.61. The van der Waals surface area contributed by atoms with Gasteiger partial charge in [-0.1, -0.05) is 6.07 Å². The Kier molecular flexibility index (Phi) is 5.77. The van der Waals surface area contributed by atoms with Crippen LogP contribution in [0.25, 0.3) is 0 Å². The smallest absolute Gasteiger partial charge is 0.339 e. The Labute approximate surface area is 173 Å². The number of carboxylic acids is 1. The minimum absolute atomic E-state index is 0.0334. The van der Waals surface area contributed by atoms with Crippen molar-refractivity contribution < 1.29 is 24.2 Å². The first-order chi connectivity index (χ1) is 14.3. The zero-order valence-corrected chi connectivity index (χ0v) is 17.4. The van der Waals surface area contributed by atoms with Gasteiger partial charge >= 0.3 is 5.97 Å². The van der Waals surface area contributed by atoms with E-state index in [4.69, 9.17) is 9.47 Å². The standard InChI is InChI=1S/C20H23N5O5/c1-11-17(22-19(26)18-14(20(27)28)9-21-24(18)3)12(2)25(23-11)10-13-6-7-15(29-4)16(8-13)30-5/h6-9H,10H2,1-5H3,(H,22,26)(H,27,28). The van der Waals surface area contributed by atoms with Gasteiger partial charge in [-0.05, 0) is 31.5 Å². The molecule has 0 aliphatic carbocycles. The number of rotatable bonds is 7. The van der Waals surface area contributed by atoms with Crippen LogP contribution in [0.2, 0.25) is 0 Å². The number of aryl methyl sites for hydroxylation is 2. The summed E-state index contributed by atoms with van der Waals surface area (Å²) in [5, 5.41) is 20.4. The molecular weight excluding hydrogens is 390 g/mol. The molecule has 0 radical (unpaired) electrons. The number of carboxylic acid groups (broad SMARTS) is 1. The predicted octanol–water partition coefficient (Wildman–Crippen LogP) is 2.25. The molecule has 0 unspecified atom stereocenters. The van der Waals surface area contributed by atoms with Crippen LogP contribution in [-0.4, -0.2) is 50.8 Å². The van der Waals surface area contributed by atoms with Gasteiger partial charge in [0.15, 0.2) is 11.5 Å². The molecule has 0 saturated heterocycles. The summed E-state index contributed by atoms with van der Waals surface area (Å²) in [6.07, 6.45) is 1.15. The number of nitrogens with one attached hydrogen (secondary N) is 1. The third kappa shape index (κ3) is 3.84. The number of carbonyl (C=O) groups excluding carboxylic acids is 1. The maximum absolute atomic E-state index is 12.7. The fourth-order valence-corrected chi connectivity index (χ4v) is 3.22. The van der Waals surface area contributed by atoms with Crippen molar-refractivity contribution in [1.29, 1.82) is 0 Å². The average Bonchev–Trinajstić information content (AvgIpc) is 3.23. The molecule has 10 heteroatoms. The average molecular weight is 413 g/mol. The molecule has 3 rings (SSSR count). The van der Waals surface area contributed by atoms with Crippen LogP contribution >= 0.6 is 0 Å². The van der Waals surface area contributed by atoms with Gasteiger partial charge in [-0.15, -0.1) is 0 Å². The minimum Gasteiger partial charge on any atom is -0.493 e. The van der Waals surface area contributed by atoms with Crippen molar-refractivity contribution in [1.82, 2.24) is 19.6 Å². The van der Waals surface area contributed by atoms with Gasteiger partial charge in [0.25, 0.3) is 5.91 Å². The summed E-state index contributed by atoms with van der Waals surface area (Å²) in [6.45, 7) is 4.06. The first kappa shape index (κ1) is 20.9. The van der Waals surface area contributed by atoms with E-state index < -0.39 is 11.9 Å². The number of ether oxygens (including phenoxy) is 2. The maximum atomic E-state index is 12.7. The lowest BCUT2D eigenvalue weighted by atomic mass is 10.2. The normalized spacial score (nSPS) is 10.7. The van der Waals surface area contributed by atoms with E-state index in [0.29, 0.717) is 29.4 Å². The number of hydrogen-bond donors (Lipinski definition) is 2. The quantitative estimate of drug-likeness (QED) is 0.609. The molecule has 3 aromatic rings. The highest BCUT2D eigenvalue weighted by Crippen LogP contribution is 2.29. The van der Waals surface area contributed by atoms with E-state index in [1.54, 1.807) is 25.8 Å². The largest absolute Gasteiger partial charge is 0.493 e. The maximum Gasteiger partial charge on any atom is 0.339 e. The second-order valence-electron chi connectivity index (χ2n) is 6.68. The number of anilines is 1. The number of aromatic carboxylic acids is 1. The van der Waals surface area contributed by atoms with E-state index in [9.17, 15) is 14.7 Å². The lowest BCUT2D eigenvalue weighted by Crippen LogP contribution is -2.20. The van der Waals surface area contributed by atoms with E-state index >= 15 is 0 Å². The summed E-state index contributed by atoms with van der Waals surface area (Å²) in [6, 6.07) is 5.59. The Morgan fingerprint density at radius 1 is 1.17 bits per heavy atom. The summed E-state index contributed by atoms with van der Waals surface area (Å²) in [5.74, 6) is -0.537. The Hall–Kier alpha value is -3.82. The topological polar surface area (TPSA) is 121 Å². The summed E-state index contributed by atoms with van der Waals surface area (Å²) >= 11 is 0. The monoisotopic (exact) mass is 413 g/mol. The van der Waals surface area contributed by atoms with Gasteiger partial charge in [0, 0.05) is 7.05 Å². The lowest BCUT2D eigenvalue weighted by molar-refractivity contribution is 0.0692. The number of nitrogens with zero attached hydrogens (tertiary/aromatic N) is 4. The van der Waals surface area contributed by atoms with Gasteiger partial charge < -0.3 is 19.9 Å². The van der Waals surface area contributed by atoms with Crippen LogP contribution in [0.15, 0.2) is 24.4 Å². The Morgan fingerprint density at radius 3 is 2.50 bits per heavy atom. The van der Waals surface area contributed by atoms with E-state index in [0.717, 1.165) is 17.5 Å². The van der Waals surface area contributed by atoms with Crippen LogP contribution in [0.4, 0.5) is 5.69 Å². The lowest BCUT2D eigenvalue weighted by Gasteiger charge is -2.11. The second-order valence-corrected chi connectivity index (χ2v) is 6.68. The van der Waals surface area contributed by atoms with Crippen molar-refractivity contribution in [2.75, 3.05) is 19.5 Å². The van der Waals surface area contributed by atoms with Crippen LogP contribution in [0, 0.1) is 13.8 Å². The van der Waals surface area contributed by atoms with E-state index in [-0.39, 0.29) is 11.3 Å². The Morgan fingerprint density at radius 2 is 1.87 bits per heavy atom. The molecule has 1 aromatic carbocycles. The van der Waals surface area contributed by atoms with Crippen LogP contribution < -0.4 is 14.8 Å². The van der Waals surface area contributed by atoms with E-state index in [1.807, 2.05) is 25.1 Å². The third-order valence-corrected chi connectivity index (χ3v) is 4.78. The van der Waals surface area contributed by atoms with Crippen molar-refractivity contribution in [3.05, 3.63) is 52.6 Å². The second kappa shape index (κ2) is 8.27. The first-order valence-corrected chi connectivity index (χ1v) is 9.08. The van der Waals surface area contributed by atoms with Crippen LogP contribution in [0.5, 0.6) is 11.5 Å². The van der Waals surface area contributed by atoms with Crippen molar-refractivity contribution in [2.24, 2.45) is 7.05 Å².